The van der Waals surface area contributed by atoms with Crippen molar-refractivity contribution in [2.24, 2.45) is 0 Å². The first-order valence-electron chi connectivity index (χ1n) is 12.7. The monoisotopic (exact) mass is 555 g/mol. The molecule has 3 aromatic carbocycles. The zero-order chi connectivity index (χ0) is 28.6. The first-order chi connectivity index (χ1) is 18.6. The number of likely N-dealkylation sites (N-methyl/N-ethyl adjacent to an activating group) is 1. The molecule has 3 aromatic rings. The predicted molar refractivity (Wildman–Crippen MR) is 148 cm³/mol. The van der Waals surface area contributed by atoms with Crippen LogP contribution in [0.5, 0.6) is 5.75 Å². The fourth-order valence-corrected chi connectivity index (χ4v) is 5.61. The van der Waals surface area contributed by atoms with E-state index < -0.39 is 34.3 Å². The molecule has 0 saturated heterocycles. The van der Waals surface area contributed by atoms with Gasteiger partial charge in [-0.15, -0.1) is 0 Å². The van der Waals surface area contributed by atoms with Gasteiger partial charge in [-0.1, -0.05) is 31.2 Å². The molecule has 0 bridgehead atoms. The minimum absolute atomic E-state index is 0.116. The van der Waals surface area contributed by atoms with Gasteiger partial charge in [-0.25, -0.2) is 12.8 Å². The highest BCUT2D eigenvalue weighted by atomic mass is 32.2. The number of benzene rings is 3. The normalized spacial score (nSPS) is 11.9. The second-order valence-electron chi connectivity index (χ2n) is 8.88. The molecule has 1 atom stereocenters. The first-order valence-corrected chi connectivity index (χ1v) is 14.1. The molecule has 0 aliphatic carbocycles. The number of anilines is 1. The van der Waals surface area contributed by atoms with Gasteiger partial charge in [0.05, 0.1) is 17.2 Å². The lowest BCUT2D eigenvalue weighted by Gasteiger charge is -2.33. The third-order valence-corrected chi connectivity index (χ3v) is 8.14. The molecule has 0 aromatic heterocycles. The second kappa shape index (κ2) is 13.2. The number of halogens is 1. The van der Waals surface area contributed by atoms with Gasteiger partial charge >= 0.3 is 0 Å². The summed E-state index contributed by atoms with van der Waals surface area (Å²) in [6, 6.07) is 17.4. The second-order valence-corrected chi connectivity index (χ2v) is 10.7. The van der Waals surface area contributed by atoms with Crippen molar-refractivity contribution in [2.45, 2.75) is 44.7 Å². The maximum absolute atomic E-state index is 13.9. The lowest BCUT2D eigenvalue weighted by Crippen LogP contribution is -2.51. The fraction of sp³-hybridized carbons (Fsp3) is 0.310. The number of nitrogens with zero attached hydrogens (tertiary/aromatic N) is 2. The van der Waals surface area contributed by atoms with Crippen LogP contribution in [0.3, 0.4) is 0 Å². The quantitative estimate of drug-likeness (QED) is 0.360. The van der Waals surface area contributed by atoms with Crippen molar-refractivity contribution in [3.63, 3.8) is 0 Å². The van der Waals surface area contributed by atoms with E-state index in [1.807, 2.05) is 38.1 Å². The third-order valence-electron chi connectivity index (χ3n) is 6.35. The summed E-state index contributed by atoms with van der Waals surface area (Å²) in [6.45, 7) is 5.50. The number of rotatable bonds is 12. The number of hydrogen-bond donors (Lipinski definition) is 1. The lowest BCUT2D eigenvalue weighted by molar-refractivity contribution is -0.140. The largest absolute Gasteiger partial charge is 0.494 e. The third kappa shape index (κ3) is 7.14. The van der Waals surface area contributed by atoms with Gasteiger partial charge in [-0.05, 0) is 79.9 Å². The zero-order valence-electron chi connectivity index (χ0n) is 22.6. The van der Waals surface area contributed by atoms with Gasteiger partial charge in [-0.3, -0.25) is 13.9 Å². The molecule has 0 radical (unpaired) electrons. The van der Waals surface area contributed by atoms with E-state index in [2.05, 4.69) is 5.32 Å². The summed E-state index contributed by atoms with van der Waals surface area (Å²) in [4.78, 5) is 27.9. The van der Waals surface area contributed by atoms with E-state index in [0.29, 0.717) is 18.8 Å². The van der Waals surface area contributed by atoms with Crippen LogP contribution in [-0.4, -0.2) is 51.4 Å². The van der Waals surface area contributed by atoms with E-state index in [9.17, 15) is 22.4 Å². The molecule has 10 heteroatoms. The van der Waals surface area contributed by atoms with Crippen LogP contribution in [0.2, 0.25) is 0 Å². The van der Waals surface area contributed by atoms with Crippen LogP contribution in [0.1, 0.15) is 31.4 Å². The van der Waals surface area contributed by atoms with Crippen LogP contribution in [0.15, 0.2) is 77.7 Å². The zero-order valence-corrected chi connectivity index (χ0v) is 23.4. The highest BCUT2D eigenvalue weighted by Gasteiger charge is 2.33. The molecule has 0 fully saturated rings. The molecule has 0 heterocycles. The molecule has 0 spiro atoms. The number of carbonyl (C=O) groups excluding carboxylic acids is 2. The predicted octanol–water partition coefficient (Wildman–Crippen LogP) is 4.28. The van der Waals surface area contributed by atoms with Gasteiger partial charge in [0, 0.05) is 13.6 Å². The van der Waals surface area contributed by atoms with Gasteiger partial charge < -0.3 is 15.0 Å². The summed E-state index contributed by atoms with van der Waals surface area (Å²) < 4.78 is 47.6. The lowest BCUT2D eigenvalue weighted by atomic mass is 10.1. The van der Waals surface area contributed by atoms with Crippen molar-refractivity contribution >= 4 is 27.5 Å². The summed E-state index contributed by atoms with van der Waals surface area (Å²) >= 11 is 0. The molecule has 39 heavy (non-hydrogen) atoms. The van der Waals surface area contributed by atoms with E-state index in [0.717, 1.165) is 39.7 Å². The van der Waals surface area contributed by atoms with Crippen molar-refractivity contribution in [1.82, 2.24) is 10.2 Å². The fourth-order valence-electron chi connectivity index (χ4n) is 4.19. The van der Waals surface area contributed by atoms with Gasteiger partial charge in [0.25, 0.3) is 10.0 Å². The van der Waals surface area contributed by atoms with Gasteiger partial charge in [0.1, 0.15) is 24.2 Å². The Kier molecular flexibility index (Phi) is 10.1. The maximum Gasteiger partial charge on any atom is 0.264 e. The molecular formula is C29H34FN3O5S. The average Bonchev–Trinajstić information content (AvgIpc) is 2.93. The van der Waals surface area contributed by atoms with E-state index in [-0.39, 0.29) is 23.0 Å². The number of hydrogen-bond acceptors (Lipinski definition) is 5. The van der Waals surface area contributed by atoms with Crippen LogP contribution in [0, 0.1) is 12.7 Å². The van der Waals surface area contributed by atoms with Gasteiger partial charge in [0.2, 0.25) is 11.8 Å². The number of amides is 2. The van der Waals surface area contributed by atoms with Crippen LogP contribution >= 0.6 is 0 Å². The van der Waals surface area contributed by atoms with Crippen molar-refractivity contribution < 1.29 is 27.1 Å². The highest BCUT2D eigenvalue weighted by molar-refractivity contribution is 7.92. The van der Waals surface area contributed by atoms with E-state index in [1.165, 1.54) is 11.9 Å². The molecule has 3 rings (SSSR count). The standard InChI is InChI=1S/C29H34FN3O5S/c1-5-27(29(35)31-4)32(19-22-10-8-7-9-21(22)3)28(34)20-33(24-13-15-25(16-14-24)38-6-2)39(36,37)26-17-11-23(30)12-18-26/h7-18,27H,5-6,19-20H2,1-4H3,(H,31,35)/t27-/m1/s1. The molecule has 208 valence electrons. The Balaban J connectivity index is 2.07. The minimum Gasteiger partial charge on any atom is -0.494 e. The summed E-state index contributed by atoms with van der Waals surface area (Å²) in [5, 5.41) is 2.60. The highest BCUT2D eigenvalue weighted by Crippen LogP contribution is 2.27. The topological polar surface area (TPSA) is 96.0 Å². The van der Waals surface area contributed by atoms with E-state index in [4.69, 9.17) is 4.74 Å². The smallest absolute Gasteiger partial charge is 0.264 e. The number of carbonyl (C=O) groups is 2. The van der Waals surface area contributed by atoms with Crippen LogP contribution in [-0.2, 0) is 26.2 Å². The molecular weight excluding hydrogens is 521 g/mol. The summed E-state index contributed by atoms with van der Waals surface area (Å²) in [7, 11) is -2.79. The van der Waals surface area contributed by atoms with Crippen molar-refractivity contribution in [3.05, 3.63) is 89.7 Å². The van der Waals surface area contributed by atoms with Crippen LogP contribution in [0.4, 0.5) is 10.1 Å². The van der Waals surface area contributed by atoms with Crippen LogP contribution in [0.25, 0.3) is 0 Å². The average molecular weight is 556 g/mol. The van der Waals surface area contributed by atoms with E-state index in [1.54, 1.807) is 31.2 Å². The van der Waals surface area contributed by atoms with Crippen LogP contribution < -0.4 is 14.4 Å². The minimum atomic E-state index is -4.29. The van der Waals surface area contributed by atoms with Gasteiger partial charge in [0.15, 0.2) is 0 Å². The van der Waals surface area contributed by atoms with Crippen molar-refractivity contribution in [1.29, 1.82) is 0 Å². The Morgan fingerprint density at radius 1 is 0.974 bits per heavy atom. The molecule has 8 nitrogen and oxygen atoms in total. The molecule has 0 saturated carbocycles. The van der Waals surface area contributed by atoms with Crippen molar-refractivity contribution in [3.8, 4) is 5.75 Å². The number of ether oxygens (including phenoxy) is 1. The first kappa shape index (κ1) is 29.6. The van der Waals surface area contributed by atoms with E-state index >= 15 is 0 Å². The number of sulfonamides is 1. The Morgan fingerprint density at radius 3 is 2.18 bits per heavy atom. The Labute approximate surface area is 229 Å². The molecule has 0 aliphatic heterocycles. The number of aryl methyl sites for hydroxylation is 1. The Hall–Kier alpha value is -3.92. The molecule has 1 N–H and O–H groups in total. The summed E-state index contributed by atoms with van der Waals surface area (Å²) in [6.07, 6.45) is 0.324. The van der Waals surface area contributed by atoms with Gasteiger partial charge in [-0.2, -0.15) is 0 Å². The van der Waals surface area contributed by atoms with Crippen molar-refractivity contribution in [2.75, 3.05) is 24.5 Å². The summed E-state index contributed by atoms with van der Waals surface area (Å²) in [5.41, 5.74) is 1.99. The SMILES string of the molecule is CCOc1ccc(N(CC(=O)N(Cc2ccccc2C)[C@H](CC)C(=O)NC)S(=O)(=O)c2ccc(F)cc2)cc1. The maximum atomic E-state index is 13.9. The summed E-state index contributed by atoms with van der Waals surface area (Å²) in [5.74, 6) is -0.960. The Morgan fingerprint density at radius 2 is 1.62 bits per heavy atom. The molecule has 2 amide bonds. The Bertz CT molecular complexity index is 1380. The molecule has 0 unspecified atom stereocenters. The molecule has 0 aliphatic rings. The number of nitrogens with one attached hydrogen (secondary N) is 1.